The first-order valence-corrected chi connectivity index (χ1v) is 24.0. The van der Waals surface area contributed by atoms with Gasteiger partial charge in [0.1, 0.15) is 13.2 Å². The van der Waals surface area contributed by atoms with Crippen molar-refractivity contribution in [3.8, 4) is 0 Å². The van der Waals surface area contributed by atoms with Crippen LogP contribution in [0.1, 0.15) is 245 Å². The average Bonchev–Trinajstić information content (AvgIpc) is 3.19. The second-order valence-electron chi connectivity index (χ2n) is 16.1. The summed E-state index contributed by atoms with van der Waals surface area (Å²) in [7, 11) is 0. The first-order chi connectivity index (χ1) is 27.5. The van der Waals surface area contributed by atoms with E-state index in [0.29, 0.717) is 19.3 Å². The Kier molecular flexibility index (Phi) is 43.4. The summed E-state index contributed by atoms with van der Waals surface area (Å²) in [6.07, 6.45) is 51.2. The van der Waals surface area contributed by atoms with Crippen LogP contribution >= 0.6 is 0 Å². The van der Waals surface area contributed by atoms with Gasteiger partial charge in [-0.3, -0.25) is 14.4 Å². The monoisotopic (exact) mass is 787 g/mol. The molecule has 1 atom stereocenters. The second kappa shape index (κ2) is 45.3. The Morgan fingerprint density at radius 3 is 0.982 bits per heavy atom. The third-order valence-electron chi connectivity index (χ3n) is 10.5. The van der Waals surface area contributed by atoms with Crippen LogP contribution in [-0.4, -0.2) is 37.2 Å². The lowest BCUT2D eigenvalue weighted by atomic mass is 10.1. The number of carbonyl (C=O) groups is 3. The summed E-state index contributed by atoms with van der Waals surface area (Å²) < 4.78 is 16.7. The van der Waals surface area contributed by atoms with Crippen molar-refractivity contribution in [2.45, 2.75) is 252 Å². The molecule has 0 radical (unpaired) electrons. The molecule has 0 aromatic heterocycles. The van der Waals surface area contributed by atoms with Gasteiger partial charge in [0.05, 0.1) is 0 Å². The van der Waals surface area contributed by atoms with Gasteiger partial charge in [-0.25, -0.2) is 0 Å². The van der Waals surface area contributed by atoms with E-state index in [0.717, 1.165) is 77.0 Å². The Balaban J connectivity index is 4.34. The molecule has 0 aliphatic rings. The van der Waals surface area contributed by atoms with Crippen LogP contribution in [0.25, 0.3) is 0 Å². The van der Waals surface area contributed by atoms with Crippen molar-refractivity contribution in [3.05, 3.63) is 36.5 Å². The first kappa shape index (κ1) is 53.6. The quantitative estimate of drug-likeness (QED) is 0.0265. The van der Waals surface area contributed by atoms with E-state index >= 15 is 0 Å². The summed E-state index contributed by atoms with van der Waals surface area (Å²) in [5.41, 5.74) is 0. The number of allylic oxidation sites excluding steroid dienone is 6. The summed E-state index contributed by atoms with van der Waals surface area (Å²) in [6.45, 7) is 6.58. The van der Waals surface area contributed by atoms with E-state index in [1.807, 2.05) is 0 Å². The lowest BCUT2D eigenvalue weighted by Crippen LogP contribution is -2.30. The number of rotatable bonds is 43. The minimum absolute atomic E-state index is 0.0756. The van der Waals surface area contributed by atoms with Crippen molar-refractivity contribution in [1.29, 1.82) is 0 Å². The summed E-state index contributed by atoms with van der Waals surface area (Å²) >= 11 is 0. The average molecular weight is 787 g/mol. The molecule has 0 saturated carbocycles. The van der Waals surface area contributed by atoms with Gasteiger partial charge < -0.3 is 14.2 Å². The molecule has 1 unspecified atom stereocenters. The van der Waals surface area contributed by atoms with Gasteiger partial charge in [-0.15, -0.1) is 0 Å². The Bertz CT molecular complexity index is 953. The van der Waals surface area contributed by atoms with E-state index in [2.05, 4.69) is 57.2 Å². The van der Waals surface area contributed by atoms with E-state index in [1.54, 1.807) is 0 Å². The molecule has 0 saturated heterocycles. The van der Waals surface area contributed by atoms with Crippen molar-refractivity contribution >= 4 is 17.9 Å². The normalized spacial score (nSPS) is 12.3. The number of hydrogen-bond donors (Lipinski definition) is 0. The van der Waals surface area contributed by atoms with Crippen LogP contribution in [0.3, 0.4) is 0 Å². The fraction of sp³-hybridized carbons (Fsp3) is 0.820. The van der Waals surface area contributed by atoms with E-state index in [9.17, 15) is 14.4 Å². The van der Waals surface area contributed by atoms with E-state index in [-0.39, 0.29) is 31.1 Å². The zero-order chi connectivity index (χ0) is 40.8. The Labute approximate surface area is 346 Å². The molecular formula is C50H90O6. The highest BCUT2D eigenvalue weighted by atomic mass is 16.6. The third kappa shape index (κ3) is 42.8. The predicted molar refractivity (Wildman–Crippen MR) is 238 cm³/mol. The van der Waals surface area contributed by atoms with Crippen molar-refractivity contribution < 1.29 is 28.6 Å². The van der Waals surface area contributed by atoms with Crippen LogP contribution in [0.5, 0.6) is 0 Å². The molecule has 0 aliphatic carbocycles. The highest BCUT2D eigenvalue weighted by Crippen LogP contribution is 2.15. The molecule has 56 heavy (non-hydrogen) atoms. The van der Waals surface area contributed by atoms with Gasteiger partial charge in [-0.05, 0) is 44.9 Å². The fourth-order valence-electron chi connectivity index (χ4n) is 6.80. The lowest BCUT2D eigenvalue weighted by Gasteiger charge is -2.18. The van der Waals surface area contributed by atoms with Gasteiger partial charge >= 0.3 is 17.9 Å². The van der Waals surface area contributed by atoms with E-state index < -0.39 is 6.10 Å². The molecule has 0 bridgehead atoms. The second-order valence-corrected chi connectivity index (χ2v) is 16.1. The summed E-state index contributed by atoms with van der Waals surface area (Å²) in [6, 6.07) is 0. The number of ether oxygens (including phenoxy) is 3. The largest absolute Gasteiger partial charge is 0.462 e. The molecule has 0 aliphatic heterocycles. The van der Waals surface area contributed by atoms with E-state index in [4.69, 9.17) is 14.2 Å². The van der Waals surface area contributed by atoms with Gasteiger partial charge in [-0.2, -0.15) is 0 Å². The minimum Gasteiger partial charge on any atom is -0.462 e. The molecule has 0 fully saturated rings. The summed E-state index contributed by atoms with van der Waals surface area (Å²) in [4.78, 5) is 37.7. The van der Waals surface area contributed by atoms with Gasteiger partial charge in [0, 0.05) is 19.3 Å². The topological polar surface area (TPSA) is 78.9 Å². The number of hydrogen-bond acceptors (Lipinski definition) is 6. The van der Waals surface area contributed by atoms with Crippen molar-refractivity contribution in [3.63, 3.8) is 0 Å². The van der Waals surface area contributed by atoms with Crippen molar-refractivity contribution in [1.82, 2.24) is 0 Å². The minimum atomic E-state index is -0.773. The maximum absolute atomic E-state index is 12.7. The molecule has 0 rings (SSSR count). The molecule has 6 heteroatoms. The Morgan fingerprint density at radius 2 is 0.643 bits per heavy atom. The smallest absolute Gasteiger partial charge is 0.306 e. The molecule has 0 aromatic rings. The van der Waals surface area contributed by atoms with Crippen LogP contribution in [0.15, 0.2) is 36.5 Å². The third-order valence-corrected chi connectivity index (χ3v) is 10.5. The standard InChI is InChI=1S/C50H90O6/c1-4-7-10-13-16-19-22-23-24-25-26-27-28-29-32-34-37-40-43-49(52)55-46-47(56-50(53)44-41-38-35-31-21-18-15-12-9-6-3)45-54-48(51)42-39-36-33-30-20-17-14-11-8-5-2/h22-27,47H,4-21,28-46H2,1-3H3/b23-22-,25-24-,27-26-. The van der Waals surface area contributed by atoms with Crippen LogP contribution in [0.2, 0.25) is 0 Å². The van der Waals surface area contributed by atoms with Crippen LogP contribution in [0.4, 0.5) is 0 Å². The Morgan fingerprint density at radius 1 is 0.357 bits per heavy atom. The molecule has 6 nitrogen and oxygen atoms in total. The maximum atomic E-state index is 12.7. The number of carbonyl (C=O) groups excluding carboxylic acids is 3. The van der Waals surface area contributed by atoms with Gasteiger partial charge in [0.25, 0.3) is 0 Å². The summed E-state index contributed by atoms with van der Waals surface area (Å²) in [5.74, 6) is -0.894. The van der Waals surface area contributed by atoms with Gasteiger partial charge in [0.15, 0.2) is 6.10 Å². The molecule has 0 N–H and O–H groups in total. The molecule has 0 spiro atoms. The van der Waals surface area contributed by atoms with Gasteiger partial charge in [-0.1, -0.05) is 218 Å². The van der Waals surface area contributed by atoms with Crippen molar-refractivity contribution in [2.24, 2.45) is 0 Å². The van der Waals surface area contributed by atoms with E-state index in [1.165, 1.54) is 128 Å². The predicted octanol–water partition coefficient (Wildman–Crippen LogP) is 15.4. The zero-order valence-electron chi connectivity index (χ0n) is 37.2. The highest BCUT2D eigenvalue weighted by Gasteiger charge is 2.19. The fourth-order valence-corrected chi connectivity index (χ4v) is 6.80. The molecule has 0 amide bonds. The summed E-state index contributed by atoms with van der Waals surface area (Å²) in [5, 5.41) is 0. The molecule has 326 valence electrons. The Hall–Kier alpha value is -2.37. The maximum Gasteiger partial charge on any atom is 0.306 e. The molecule has 0 heterocycles. The van der Waals surface area contributed by atoms with Crippen molar-refractivity contribution in [2.75, 3.05) is 13.2 Å². The molecular weight excluding hydrogens is 697 g/mol. The van der Waals surface area contributed by atoms with Crippen LogP contribution < -0.4 is 0 Å². The zero-order valence-corrected chi connectivity index (χ0v) is 37.2. The number of esters is 3. The van der Waals surface area contributed by atoms with Crippen LogP contribution in [0, 0.1) is 0 Å². The first-order valence-electron chi connectivity index (χ1n) is 24.0. The SMILES string of the molecule is CCCCCCC\C=C/C=C\C=C/CCCCCCCC(=O)OCC(COC(=O)CCCCCCCCCCCC)OC(=O)CCCCCCCCCCCC. The highest BCUT2D eigenvalue weighted by molar-refractivity contribution is 5.71. The van der Waals surface area contributed by atoms with Crippen LogP contribution in [-0.2, 0) is 28.6 Å². The van der Waals surface area contributed by atoms with Gasteiger partial charge in [0.2, 0.25) is 0 Å². The lowest BCUT2D eigenvalue weighted by molar-refractivity contribution is -0.167. The molecule has 0 aromatic carbocycles. The number of unbranched alkanes of at least 4 members (excludes halogenated alkanes) is 28.